The predicted molar refractivity (Wildman–Crippen MR) is 67.2 cm³/mol. The fourth-order valence-electron chi connectivity index (χ4n) is 1.84. The van der Waals surface area contributed by atoms with Crippen LogP contribution in [-0.4, -0.2) is 36.7 Å². The van der Waals surface area contributed by atoms with Crippen LogP contribution in [0.1, 0.15) is 12.5 Å². The Labute approximate surface area is 102 Å². The highest BCUT2D eigenvalue weighted by molar-refractivity contribution is 5.89. The molecule has 4 nitrogen and oxygen atoms in total. The number of nitrogens with zero attached hydrogens (tertiary/aromatic N) is 1. The predicted octanol–water partition coefficient (Wildman–Crippen LogP) is 2.25. The van der Waals surface area contributed by atoms with Crippen molar-refractivity contribution in [3.63, 3.8) is 0 Å². The summed E-state index contributed by atoms with van der Waals surface area (Å²) in [6.07, 6.45) is 0.118. The SMILES string of the molecule is Cc1ccc(NC(=O)N2CCOC(C)C2)cc1. The van der Waals surface area contributed by atoms with E-state index in [9.17, 15) is 4.79 Å². The summed E-state index contributed by atoms with van der Waals surface area (Å²) in [6.45, 7) is 5.92. The second-order valence-electron chi connectivity index (χ2n) is 4.42. The molecule has 0 spiro atoms. The topological polar surface area (TPSA) is 41.6 Å². The number of rotatable bonds is 1. The van der Waals surface area contributed by atoms with Gasteiger partial charge >= 0.3 is 6.03 Å². The Kier molecular flexibility index (Phi) is 3.64. The van der Waals surface area contributed by atoms with E-state index in [0.717, 1.165) is 5.69 Å². The Morgan fingerprint density at radius 1 is 1.41 bits per heavy atom. The van der Waals surface area contributed by atoms with E-state index in [1.165, 1.54) is 5.56 Å². The zero-order chi connectivity index (χ0) is 12.3. The van der Waals surface area contributed by atoms with Crippen LogP contribution in [0.3, 0.4) is 0 Å². The van der Waals surface area contributed by atoms with Gasteiger partial charge in [0.15, 0.2) is 0 Å². The van der Waals surface area contributed by atoms with Crippen molar-refractivity contribution in [1.82, 2.24) is 4.90 Å². The lowest BCUT2D eigenvalue weighted by Gasteiger charge is -2.31. The minimum absolute atomic E-state index is 0.0518. The Bertz CT molecular complexity index is 389. The molecule has 4 heteroatoms. The number of amides is 2. The van der Waals surface area contributed by atoms with E-state index in [4.69, 9.17) is 4.74 Å². The number of urea groups is 1. The normalized spacial score (nSPS) is 20.1. The molecule has 1 aromatic carbocycles. The largest absolute Gasteiger partial charge is 0.375 e. The van der Waals surface area contributed by atoms with Crippen LogP contribution in [0.4, 0.5) is 10.5 Å². The Morgan fingerprint density at radius 2 is 2.12 bits per heavy atom. The lowest BCUT2D eigenvalue weighted by molar-refractivity contribution is -0.00138. The average Bonchev–Trinajstić information content (AvgIpc) is 2.32. The zero-order valence-corrected chi connectivity index (χ0v) is 10.3. The lowest BCUT2D eigenvalue weighted by atomic mass is 10.2. The standard InChI is InChI=1S/C13H18N2O2/c1-10-3-5-12(6-4-10)14-13(16)15-7-8-17-11(2)9-15/h3-6,11H,7-9H2,1-2H3,(H,14,16). The number of carbonyl (C=O) groups is 1. The van der Waals surface area contributed by atoms with Crippen LogP contribution in [0.5, 0.6) is 0 Å². The second-order valence-corrected chi connectivity index (χ2v) is 4.42. The number of benzene rings is 1. The van der Waals surface area contributed by atoms with Crippen molar-refractivity contribution in [2.24, 2.45) is 0 Å². The number of anilines is 1. The Hall–Kier alpha value is -1.55. The molecule has 0 saturated carbocycles. The van der Waals surface area contributed by atoms with Gasteiger partial charge in [0.2, 0.25) is 0 Å². The highest BCUT2D eigenvalue weighted by Crippen LogP contribution is 2.11. The summed E-state index contributed by atoms with van der Waals surface area (Å²) < 4.78 is 5.40. The first-order valence-electron chi connectivity index (χ1n) is 5.89. The smallest absolute Gasteiger partial charge is 0.322 e. The van der Waals surface area contributed by atoms with Crippen LogP contribution >= 0.6 is 0 Å². The van der Waals surface area contributed by atoms with Gasteiger partial charge in [0.05, 0.1) is 12.7 Å². The molecule has 92 valence electrons. The van der Waals surface area contributed by atoms with Gasteiger partial charge in [-0.05, 0) is 26.0 Å². The van der Waals surface area contributed by atoms with E-state index in [-0.39, 0.29) is 12.1 Å². The molecule has 1 heterocycles. The van der Waals surface area contributed by atoms with E-state index in [1.807, 2.05) is 38.1 Å². The molecule has 1 N–H and O–H groups in total. The van der Waals surface area contributed by atoms with Crippen molar-refractivity contribution in [3.8, 4) is 0 Å². The van der Waals surface area contributed by atoms with Crippen LogP contribution in [0.25, 0.3) is 0 Å². The van der Waals surface area contributed by atoms with Crippen LogP contribution in [0.2, 0.25) is 0 Å². The fourth-order valence-corrected chi connectivity index (χ4v) is 1.84. The maximum absolute atomic E-state index is 12.0. The van der Waals surface area contributed by atoms with Crippen molar-refractivity contribution >= 4 is 11.7 Å². The number of carbonyl (C=O) groups excluding carboxylic acids is 1. The van der Waals surface area contributed by atoms with E-state index in [1.54, 1.807) is 4.90 Å². The van der Waals surface area contributed by atoms with Gasteiger partial charge in [-0.15, -0.1) is 0 Å². The summed E-state index contributed by atoms with van der Waals surface area (Å²) in [5.74, 6) is 0. The van der Waals surface area contributed by atoms with Gasteiger partial charge in [-0.3, -0.25) is 0 Å². The third-order valence-corrected chi connectivity index (χ3v) is 2.83. The maximum atomic E-state index is 12.0. The molecule has 2 amide bonds. The number of hydrogen-bond donors (Lipinski definition) is 1. The van der Waals surface area contributed by atoms with E-state index in [0.29, 0.717) is 19.7 Å². The molecule has 1 aliphatic heterocycles. The summed E-state index contributed by atoms with van der Waals surface area (Å²) in [7, 11) is 0. The number of ether oxygens (including phenoxy) is 1. The van der Waals surface area contributed by atoms with Gasteiger partial charge in [-0.1, -0.05) is 17.7 Å². The quantitative estimate of drug-likeness (QED) is 0.809. The van der Waals surface area contributed by atoms with Gasteiger partial charge in [-0.25, -0.2) is 4.79 Å². The van der Waals surface area contributed by atoms with Crippen LogP contribution in [-0.2, 0) is 4.74 Å². The summed E-state index contributed by atoms with van der Waals surface area (Å²) >= 11 is 0. The fraction of sp³-hybridized carbons (Fsp3) is 0.462. The highest BCUT2D eigenvalue weighted by atomic mass is 16.5. The molecule has 0 aromatic heterocycles. The highest BCUT2D eigenvalue weighted by Gasteiger charge is 2.21. The zero-order valence-electron chi connectivity index (χ0n) is 10.3. The first-order valence-corrected chi connectivity index (χ1v) is 5.89. The number of aryl methyl sites for hydroxylation is 1. The molecule has 1 unspecified atom stereocenters. The van der Waals surface area contributed by atoms with Gasteiger partial charge in [0.25, 0.3) is 0 Å². The molecule has 2 rings (SSSR count). The summed E-state index contributed by atoms with van der Waals surface area (Å²) in [4.78, 5) is 13.7. The average molecular weight is 234 g/mol. The van der Waals surface area contributed by atoms with Gasteiger partial charge < -0.3 is 15.0 Å². The lowest BCUT2D eigenvalue weighted by Crippen LogP contribution is -2.46. The first-order chi connectivity index (χ1) is 8.15. The van der Waals surface area contributed by atoms with Crippen molar-refractivity contribution in [2.75, 3.05) is 25.0 Å². The number of morpholine rings is 1. The molecule has 1 fully saturated rings. The van der Waals surface area contributed by atoms with E-state index in [2.05, 4.69) is 5.32 Å². The minimum atomic E-state index is -0.0518. The number of nitrogens with one attached hydrogen (secondary N) is 1. The van der Waals surface area contributed by atoms with Crippen molar-refractivity contribution in [1.29, 1.82) is 0 Å². The Balaban J connectivity index is 1.94. The summed E-state index contributed by atoms with van der Waals surface area (Å²) in [5.41, 5.74) is 2.02. The van der Waals surface area contributed by atoms with Gasteiger partial charge in [-0.2, -0.15) is 0 Å². The third-order valence-electron chi connectivity index (χ3n) is 2.83. The van der Waals surface area contributed by atoms with Crippen LogP contribution in [0.15, 0.2) is 24.3 Å². The van der Waals surface area contributed by atoms with E-state index >= 15 is 0 Å². The molecule has 1 aromatic rings. The second kappa shape index (κ2) is 5.19. The maximum Gasteiger partial charge on any atom is 0.322 e. The molecule has 1 atom stereocenters. The molecule has 0 radical (unpaired) electrons. The van der Waals surface area contributed by atoms with Crippen LogP contribution in [0, 0.1) is 6.92 Å². The van der Waals surface area contributed by atoms with Gasteiger partial charge in [0, 0.05) is 18.8 Å². The molecule has 0 aliphatic carbocycles. The molecule has 1 aliphatic rings. The molecule has 17 heavy (non-hydrogen) atoms. The molecule has 1 saturated heterocycles. The summed E-state index contributed by atoms with van der Waals surface area (Å²) in [5, 5.41) is 2.89. The third kappa shape index (κ3) is 3.20. The molecule has 0 bridgehead atoms. The summed E-state index contributed by atoms with van der Waals surface area (Å²) in [6, 6.07) is 7.74. The molecular formula is C13H18N2O2. The van der Waals surface area contributed by atoms with Crippen molar-refractivity contribution in [3.05, 3.63) is 29.8 Å². The van der Waals surface area contributed by atoms with Crippen LogP contribution < -0.4 is 5.32 Å². The first kappa shape index (κ1) is 11.9. The van der Waals surface area contributed by atoms with E-state index < -0.39 is 0 Å². The monoisotopic (exact) mass is 234 g/mol. The van der Waals surface area contributed by atoms with Gasteiger partial charge in [0.1, 0.15) is 0 Å². The minimum Gasteiger partial charge on any atom is -0.375 e. The van der Waals surface area contributed by atoms with Crippen molar-refractivity contribution in [2.45, 2.75) is 20.0 Å². The Morgan fingerprint density at radius 3 is 2.76 bits per heavy atom. The van der Waals surface area contributed by atoms with Crippen molar-refractivity contribution < 1.29 is 9.53 Å². The number of hydrogen-bond acceptors (Lipinski definition) is 2. The molecular weight excluding hydrogens is 216 g/mol.